The molecule has 138 valence electrons. The first-order valence-electron chi connectivity index (χ1n) is 8.75. The van der Waals surface area contributed by atoms with E-state index in [0.717, 1.165) is 16.1 Å². The zero-order valence-corrected chi connectivity index (χ0v) is 15.5. The summed E-state index contributed by atoms with van der Waals surface area (Å²) in [6.07, 6.45) is 1.77. The molecule has 0 saturated carbocycles. The summed E-state index contributed by atoms with van der Waals surface area (Å²) in [5.41, 5.74) is 1.81. The number of rotatable bonds is 5. The molecule has 1 saturated heterocycles. The van der Waals surface area contributed by atoms with Crippen LogP contribution >= 0.6 is 11.3 Å². The minimum Gasteiger partial charge on any atom is -0.484 e. The van der Waals surface area contributed by atoms with Crippen LogP contribution in [-0.4, -0.2) is 53.7 Å². The van der Waals surface area contributed by atoms with Crippen LogP contribution in [0.2, 0.25) is 0 Å². The average Bonchev–Trinajstić information content (AvgIpc) is 3.28. The Kier molecular flexibility index (Phi) is 5.41. The lowest BCUT2D eigenvalue weighted by Gasteiger charge is -2.26. The van der Waals surface area contributed by atoms with Crippen molar-refractivity contribution in [1.29, 1.82) is 0 Å². The summed E-state index contributed by atoms with van der Waals surface area (Å²) in [6, 6.07) is 13.4. The molecule has 3 heterocycles. The predicted molar refractivity (Wildman–Crippen MR) is 104 cm³/mol. The van der Waals surface area contributed by atoms with Gasteiger partial charge >= 0.3 is 0 Å². The molecule has 1 aromatic carbocycles. The number of hydrogen-bond acceptors (Lipinski definition) is 6. The summed E-state index contributed by atoms with van der Waals surface area (Å²) in [5, 5.41) is 2.03. The minimum atomic E-state index is -0.0191. The second-order valence-electron chi connectivity index (χ2n) is 6.05. The number of morpholine rings is 1. The molecular weight excluding hydrogens is 362 g/mol. The maximum atomic E-state index is 12.1. The zero-order valence-electron chi connectivity index (χ0n) is 14.7. The summed E-state index contributed by atoms with van der Waals surface area (Å²) in [5.74, 6) is 1.29. The highest BCUT2D eigenvalue weighted by Gasteiger charge is 2.17. The van der Waals surface area contributed by atoms with E-state index in [0.29, 0.717) is 37.9 Å². The fourth-order valence-electron chi connectivity index (χ4n) is 2.81. The van der Waals surface area contributed by atoms with Crippen molar-refractivity contribution in [2.75, 3.05) is 32.9 Å². The van der Waals surface area contributed by atoms with E-state index in [4.69, 9.17) is 9.47 Å². The van der Waals surface area contributed by atoms with Crippen LogP contribution in [-0.2, 0) is 9.53 Å². The highest BCUT2D eigenvalue weighted by atomic mass is 32.1. The van der Waals surface area contributed by atoms with Crippen molar-refractivity contribution in [2.45, 2.75) is 0 Å². The highest BCUT2D eigenvalue weighted by Crippen LogP contribution is 2.25. The molecule has 1 aliphatic heterocycles. The van der Waals surface area contributed by atoms with Crippen LogP contribution in [0, 0.1) is 0 Å². The lowest BCUT2D eigenvalue weighted by Crippen LogP contribution is -2.42. The van der Waals surface area contributed by atoms with E-state index in [1.807, 2.05) is 47.8 Å². The van der Waals surface area contributed by atoms with Gasteiger partial charge in [0.1, 0.15) is 5.75 Å². The summed E-state index contributed by atoms with van der Waals surface area (Å²) in [4.78, 5) is 24.0. The third-order valence-corrected chi connectivity index (χ3v) is 5.16. The van der Waals surface area contributed by atoms with E-state index in [1.165, 1.54) is 0 Å². The molecule has 0 bridgehead atoms. The molecule has 3 aromatic rings. The van der Waals surface area contributed by atoms with Crippen molar-refractivity contribution in [3.05, 3.63) is 54.0 Å². The van der Waals surface area contributed by atoms with E-state index in [9.17, 15) is 4.79 Å². The molecule has 0 spiro atoms. The molecule has 27 heavy (non-hydrogen) atoms. The predicted octanol–water partition coefficient (Wildman–Crippen LogP) is 3.11. The fourth-order valence-corrected chi connectivity index (χ4v) is 3.50. The van der Waals surface area contributed by atoms with Crippen LogP contribution in [0.25, 0.3) is 22.0 Å². The largest absolute Gasteiger partial charge is 0.484 e. The third-order valence-electron chi connectivity index (χ3n) is 4.27. The smallest absolute Gasteiger partial charge is 0.260 e. The molecule has 0 N–H and O–H groups in total. The van der Waals surface area contributed by atoms with Gasteiger partial charge < -0.3 is 14.4 Å². The van der Waals surface area contributed by atoms with Crippen LogP contribution in [0.1, 0.15) is 0 Å². The van der Waals surface area contributed by atoms with E-state index < -0.39 is 0 Å². The quantitative estimate of drug-likeness (QED) is 0.679. The minimum absolute atomic E-state index is 0.0191. The van der Waals surface area contributed by atoms with Gasteiger partial charge in [0, 0.05) is 24.8 Å². The van der Waals surface area contributed by atoms with Crippen molar-refractivity contribution < 1.29 is 14.3 Å². The van der Waals surface area contributed by atoms with Gasteiger partial charge in [-0.05, 0) is 41.8 Å². The second kappa shape index (κ2) is 8.28. The number of aromatic nitrogens is 2. The normalized spacial score (nSPS) is 14.1. The fraction of sp³-hybridized carbons (Fsp3) is 0.250. The number of carbonyl (C=O) groups is 1. The SMILES string of the molecule is O=C(COc1ccc(-c2nccc(-c3cccs3)n2)cc1)N1CCOCC1. The van der Waals surface area contributed by atoms with Crippen molar-refractivity contribution in [3.63, 3.8) is 0 Å². The Morgan fingerprint density at radius 1 is 1.15 bits per heavy atom. The number of hydrogen-bond donors (Lipinski definition) is 0. The summed E-state index contributed by atoms with van der Waals surface area (Å²) < 4.78 is 10.9. The van der Waals surface area contributed by atoms with Gasteiger partial charge in [0.05, 0.1) is 23.8 Å². The molecule has 0 aliphatic carbocycles. The maximum Gasteiger partial charge on any atom is 0.260 e. The van der Waals surface area contributed by atoms with Gasteiger partial charge in [-0.15, -0.1) is 11.3 Å². The molecule has 0 unspecified atom stereocenters. The summed E-state index contributed by atoms with van der Waals surface area (Å²) >= 11 is 1.65. The first-order valence-corrected chi connectivity index (χ1v) is 9.63. The Hall–Kier alpha value is -2.77. The van der Waals surface area contributed by atoms with Gasteiger partial charge in [-0.1, -0.05) is 6.07 Å². The van der Waals surface area contributed by atoms with Crippen LogP contribution in [0.15, 0.2) is 54.0 Å². The molecule has 1 fully saturated rings. The van der Waals surface area contributed by atoms with Crippen LogP contribution in [0.3, 0.4) is 0 Å². The molecule has 0 radical (unpaired) electrons. The van der Waals surface area contributed by atoms with Crippen molar-refractivity contribution >= 4 is 17.2 Å². The van der Waals surface area contributed by atoms with Crippen LogP contribution < -0.4 is 4.74 Å². The van der Waals surface area contributed by atoms with E-state index in [-0.39, 0.29) is 12.5 Å². The molecule has 1 aliphatic rings. The summed E-state index contributed by atoms with van der Waals surface area (Å²) in [7, 11) is 0. The average molecular weight is 381 g/mol. The topological polar surface area (TPSA) is 64.5 Å². The second-order valence-corrected chi connectivity index (χ2v) is 7.00. The number of amides is 1. The van der Waals surface area contributed by atoms with Gasteiger partial charge in [0.15, 0.2) is 12.4 Å². The first-order chi connectivity index (χ1) is 13.3. The highest BCUT2D eigenvalue weighted by molar-refractivity contribution is 7.13. The Morgan fingerprint density at radius 3 is 2.70 bits per heavy atom. The number of thiophene rings is 1. The number of nitrogens with zero attached hydrogens (tertiary/aromatic N) is 3. The third kappa shape index (κ3) is 4.32. The van der Waals surface area contributed by atoms with Crippen LogP contribution in [0.4, 0.5) is 0 Å². The first kappa shape index (κ1) is 17.6. The maximum absolute atomic E-state index is 12.1. The molecule has 2 aromatic heterocycles. The molecule has 4 rings (SSSR count). The van der Waals surface area contributed by atoms with Gasteiger partial charge in [-0.25, -0.2) is 9.97 Å². The molecule has 0 atom stereocenters. The zero-order chi connectivity index (χ0) is 18.5. The Morgan fingerprint density at radius 2 is 1.96 bits per heavy atom. The number of carbonyl (C=O) groups excluding carboxylic acids is 1. The Balaban J connectivity index is 1.40. The molecule has 6 nitrogen and oxygen atoms in total. The Labute approximate surface area is 161 Å². The molecule has 1 amide bonds. The van der Waals surface area contributed by atoms with Crippen molar-refractivity contribution in [1.82, 2.24) is 14.9 Å². The number of benzene rings is 1. The van der Waals surface area contributed by atoms with E-state index >= 15 is 0 Å². The van der Waals surface area contributed by atoms with E-state index in [2.05, 4.69) is 9.97 Å². The van der Waals surface area contributed by atoms with Gasteiger partial charge in [0.25, 0.3) is 5.91 Å². The summed E-state index contributed by atoms with van der Waals surface area (Å²) in [6.45, 7) is 2.46. The van der Waals surface area contributed by atoms with Gasteiger partial charge in [-0.3, -0.25) is 4.79 Å². The van der Waals surface area contributed by atoms with Crippen molar-refractivity contribution in [2.24, 2.45) is 0 Å². The molecule has 7 heteroatoms. The lowest BCUT2D eigenvalue weighted by atomic mass is 10.2. The van der Waals surface area contributed by atoms with E-state index in [1.54, 1.807) is 22.4 Å². The Bertz CT molecular complexity index is 891. The monoisotopic (exact) mass is 381 g/mol. The van der Waals surface area contributed by atoms with Gasteiger partial charge in [0.2, 0.25) is 0 Å². The standard InChI is InChI=1S/C20H19N3O3S/c24-19(23-9-11-25-12-10-23)14-26-16-5-3-15(4-6-16)20-21-8-7-17(22-20)18-2-1-13-27-18/h1-8,13H,9-12,14H2. The number of ether oxygens (including phenoxy) is 2. The molecular formula is C20H19N3O3S. The lowest BCUT2D eigenvalue weighted by molar-refractivity contribution is -0.137. The van der Waals surface area contributed by atoms with Crippen molar-refractivity contribution in [3.8, 4) is 27.7 Å². The van der Waals surface area contributed by atoms with Gasteiger partial charge in [-0.2, -0.15) is 0 Å². The van der Waals surface area contributed by atoms with Crippen LogP contribution in [0.5, 0.6) is 5.75 Å².